The van der Waals surface area contributed by atoms with Crippen LogP contribution in [0.4, 0.5) is 14.5 Å². The number of carbonyl (C=O) groups excluding carboxylic acids is 2. The fourth-order valence-electron chi connectivity index (χ4n) is 2.17. The number of halogens is 2. The van der Waals surface area contributed by atoms with Crippen LogP contribution in [0.25, 0.3) is 0 Å². The summed E-state index contributed by atoms with van der Waals surface area (Å²) in [5.74, 6) is -3.29. The topological polar surface area (TPSA) is 55.4 Å². The molecule has 0 unspecified atom stereocenters. The Hall–Kier alpha value is -2.24. The van der Waals surface area contributed by atoms with E-state index in [1.54, 1.807) is 0 Å². The lowest BCUT2D eigenvalue weighted by atomic mass is 9.95. The number of amides is 1. The van der Waals surface area contributed by atoms with E-state index in [1.807, 2.05) is 12.2 Å². The predicted molar refractivity (Wildman–Crippen MR) is 77.0 cm³/mol. The molecule has 118 valence electrons. The SMILES string of the molecule is C[C@H](OC(=O)[C@@H]1CC=CCC1)C(=O)Nc1c(F)cccc1F. The van der Waals surface area contributed by atoms with Crippen LogP contribution in [0.3, 0.4) is 0 Å². The number of benzene rings is 1. The first-order valence-electron chi connectivity index (χ1n) is 7.09. The first kappa shape index (κ1) is 16.1. The van der Waals surface area contributed by atoms with Crippen LogP contribution in [-0.2, 0) is 14.3 Å². The van der Waals surface area contributed by atoms with E-state index in [2.05, 4.69) is 5.32 Å². The molecule has 0 aromatic heterocycles. The molecule has 1 aromatic carbocycles. The lowest BCUT2D eigenvalue weighted by molar-refractivity contribution is -0.157. The molecule has 0 heterocycles. The number of para-hydroxylation sites is 1. The Labute approximate surface area is 127 Å². The number of esters is 1. The maximum atomic E-state index is 13.5. The Morgan fingerprint density at radius 2 is 1.95 bits per heavy atom. The number of carbonyl (C=O) groups is 2. The quantitative estimate of drug-likeness (QED) is 0.686. The van der Waals surface area contributed by atoms with Crippen molar-refractivity contribution in [3.63, 3.8) is 0 Å². The van der Waals surface area contributed by atoms with Gasteiger partial charge in [0.25, 0.3) is 5.91 Å². The largest absolute Gasteiger partial charge is 0.452 e. The molecule has 4 nitrogen and oxygen atoms in total. The zero-order valence-electron chi connectivity index (χ0n) is 12.1. The summed E-state index contributed by atoms with van der Waals surface area (Å²) >= 11 is 0. The molecule has 22 heavy (non-hydrogen) atoms. The van der Waals surface area contributed by atoms with Crippen molar-refractivity contribution < 1.29 is 23.1 Å². The summed E-state index contributed by atoms with van der Waals surface area (Å²) in [7, 11) is 0. The molecule has 0 bridgehead atoms. The highest BCUT2D eigenvalue weighted by molar-refractivity contribution is 5.95. The van der Waals surface area contributed by atoms with Crippen molar-refractivity contribution in [3.05, 3.63) is 42.0 Å². The molecule has 2 atom stereocenters. The van der Waals surface area contributed by atoms with Crippen LogP contribution < -0.4 is 5.32 Å². The fourth-order valence-corrected chi connectivity index (χ4v) is 2.17. The zero-order valence-corrected chi connectivity index (χ0v) is 12.1. The van der Waals surface area contributed by atoms with Crippen LogP contribution in [-0.4, -0.2) is 18.0 Å². The number of hydrogen-bond acceptors (Lipinski definition) is 3. The highest BCUT2D eigenvalue weighted by Gasteiger charge is 2.25. The highest BCUT2D eigenvalue weighted by Crippen LogP contribution is 2.21. The number of nitrogens with one attached hydrogen (secondary N) is 1. The summed E-state index contributed by atoms with van der Waals surface area (Å²) in [4.78, 5) is 23.8. The van der Waals surface area contributed by atoms with Crippen LogP contribution in [0.2, 0.25) is 0 Å². The molecule has 1 N–H and O–H groups in total. The Balaban J connectivity index is 1.94. The molecule has 0 aliphatic heterocycles. The summed E-state index contributed by atoms with van der Waals surface area (Å²) in [5.41, 5.74) is -0.545. The van der Waals surface area contributed by atoms with Gasteiger partial charge in [-0.05, 0) is 38.3 Å². The van der Waals surface area contributed by atoms with Gasteiger partial charge in [-0.1, -0.05) is 18.2 Å². The van der Waals surface area contributed by atoms with Gasteiger partial charge >= 0.3 is 5.97 Å². The van der Waals surface area contributed by atoms with Crippen LogP contribution in [0.15, 0.2) is 30.4 Å². The average molecular weight is 309 g/mol. The molecule has 1 aliphatic rings. The van der Waals surface area contributed by atoms with Crippen LogP contribution >= 0.6 is 0 Å². The molecular weight excluding hydrogens is 292 g/mol. The fraction of sp³-hybridized carbons (Fsp3) is 0.375. The van der Waals surface area contributed by atoms with E-state index in [1.165, 1.54) is 13.0 Å². The van der Waals surface area contributed by atoms with Gasteiger partial charge in [0.2, 0.25) is 0 Å². The minimum atomic E-state index is -1.13. The Kier molecular flexibility index (Phi) is 5.25. The first-order valence-corrected chi connectivity index (χ1v) is 7.09. The molecule has 6 heteroatoms. The second kappa shape index (κ2) is 7.15. The van der Waals surface area contributed by atoms with Crippen molar-refractivity contribution in [1.82, 2.24) is 0 Å². The Morgan fingerprint density at radius 3 is 2.55 bits per heavy atom. The van der Waals surface area contributed by atoms with E-state index in [0.29, 0.717) is 12.8 Å². The van der Waals surface area contributed by atoms with E-state index in [4.69, 9.17) is 4.74 Å². The lowest BCUT2D eigenvalue weighted by Crippen LogP contribution is -2.33. The van der Waals surface area contributed by atoms with E-state index in [0.717, 1.165) is 18.6 Å². The molecule has 2 rings (SSSR count). The first-order chi connectivity index (χ1) is 10.5. The van der Waals surface area contributed by atoms with Gasteiger partial charge in [0.05, 0.1) is 5.92 Å². The maximum Gasteiger partial charge on any atom is 0.310 e. The number of hydrogen-bond donors (Lipinski definition) is 1. The van der Waals surface area contributed by atoms with Crippen molar-refractivity contribution in [3.8, 4) is 0 Å². The predicted octanol–water partition coefficient (Wildman–Crippen LogP) is 3.19. The van der Waals surface area contributed by atoms with Gasteiger partial charge in [0.15, 0.2) is 6.10 Å². The van der Waals surface area contributed by atoms with Crippen molar-refractivity contribution in [1.29, 1.82) is 0 Å². The second-order valence-corrected chi connectivity index (χ2v) is 5.15. The molecule has 0 fully saturated rings. The Morgan fingerprint density at radius 1 is 1.27 bits per heavy atom. The van der Waals surface area contributed by atoms with Gasteiger partial charge in [0.1, 0.15) is 17.3 Å². The minimum Gasteiger partial charge on any atom is -0.452 e. The summed E-state index contributed by atoms with van der Waals surface area (Å²) in [6.45, 7) is 1.37. The van der Waals surface area contributed by atoms with Crippen LogP contribution in [0, 0.1) is 17.6 Å². The van der Waals surface area contributed by atoms with Crippen LogP contribution in [0.1, 0.15) is 26.2 Å². The van der Waals surface area contributed by atoms with Gasteiger partial charge in [-0.25, -0.2) is 8.78 Å². The van der Waals surface area contributed by atoms with Gasteiger partial charge in [-0.2, -0.15) is 0 Å². The average Bonchev–Trinajstić information content (AvgIpc) is 2.51. The molecule has 0 saturated carbocycles. The Bertz CT molecular complexity index is 581. The van der Waals surface area contributed by atoms with Gasteiger partial charge in [-0.3, -0.25) is 9.59 Å². The molecule has 1 aliphatic carbocycles. The third kappa shape index (κ3) is 3.90. The second-order valence-electron chi connectivity index (χ2n) is 5.15. The third-order valence-electron chi connectivity index (χ3n) is 3.48. The van der Waals surface area contributed by atoms with E-state index >= 15 is 0 Å². The monoisotopic (exact) mass is 309 g/mol. The number of rotatable bonds is 4. The molecule has 1 aromatic rings. The van der Waals surface area contributed by atoms with Crippen molar-refractivity contribution >= 4 is 17.6 Å². The zero-order chi connectivity index (χ0) is 16.1. The van der Waals surface area contributed by atoms with E-state index in [9.17, 15) is 18.4 Å². The highest BCUT2D eigenvalue weighted by atomic mass is 19.1. The number of ether oxygens (including phenoxy) is 1. The van der Waals surface area contributed by atoms with Crippen molar-refractivity contribution in [2.24, 2.45) is 5.92 Å². The standard InChI is InChI=1S/C16H17F2NO3/c1-10(22-16(21)11-6-3-2-4-7-11)15(20)19-14-12(17)8-5-9-13(14)18/h2-3,5,8-11H,4,6-7H2,1H3,(H,19,20)/t10-,11+/m0/s1. The molecule has 1 amide bonds. The van der Waals surface area contributed by atoms with Gasteiger partial charge in [0, 0.05) is 0 Å². The third-order valence-corrected chi connectivity index (χ3v) is 3.48. The molecule has 0 saturated heterocycles. The summed E-state index contributed by atoms with van der Waals surface area (Å²) in [5, 5.41) is 2.11. The summed E-state index contributed by atoms with van der Waals surface area (Å²) < 4.78 is 32.0. The minimum absolute atomic E-state index is 0.273. The molecule has 0 spiro atoms. The molecular formula is C16H17F2NO3. The lowest BCUT2D eigenvalue weighted by Gasteiger charge is -2.19. The van der Waals surface area contributed by atoms with Crippen LogP contribution in [0.5, 0.6) is 0 Å². The number of anilines is 1. The van der Waals surface area contributed by atoms with Crippen molar-refractivity contribution in [2.75, 3.05) is 5.32 Å². The number of allylic oxidation sites excluding steroid dienone is 2. The van der Waals surface area contributed by atoms with Crippen molar-refractivity contribution in [2.45, 2.75) is 32.3 Å². The maximum absolute atomic E-state index is 13.5. The molecule has 0 radical (unpaired) electrons. The smallest absolute Gasteiger partial charge is 0.310 e. The van der Waals surface area contributed by atoms with E-state index < -0.39 is 35.3 Å². The van der Waals surface area contributed by atoms with Gasteiger partial charge in [-0.15, -0.1) is 0 Å². The van der Waals surface area contributed by atoms with Gasteiger partial charge < -0.3 is 10.1 Å². The normalized spacial score (nSPS) is 18.6. The summed E-state index contributed by atoms with van der Waals surface area (Å²) in [6, 6.07) is 3.26. The summed E-state index contributed by atoms with van der Waals surface area (Å²) in [6.07, 6.45) is 4.80. The van der Waals surface area contributed by atoms with E-state index in [-0.39, 0.29) is 5.92 Å².